The molecule has 1 N–H and O–H groups in total. The monoisotopic (exact) mass is 400 g/mol. The van der Waals surface area contributed by atoms with Crippen molar-refractivity contribution in [3.8, 4) is 10.6 Å². The molecule has 0 spiro atoms. The lowest BCUT2D eigenvalue weighted by molar-refractivity contribution is -0.115. The quantitative estimate of drug-likeness (QED) is 0.677. The molecule has 1 amide bonds. The van der Waals surface area contributed by atoms with Crippen LogP contribution < -0.4 is 5.32 Å². The molecule has 0 saturated heterocycles. The third-order valence-corrected chi connectivity index (χ3v) is 7.08. The number of sulfone groups is 1. The largest absolute Gasteiger partial charge is 0.325 e. The Kier molecular flexibility index (Phi) is 5.72. The summed E-state index contributed by atoms with van der Waals surface area (Å²) in [4.78, 5) is 16.7. The first kappa shape index (κ1) is 19.3. The lowest BCUT2D eigenvalue weighted by Gasteiger charge is -2.12. The van der Waals surface area contributed by atoms with Gasteiger partial charge in [0.1, 0.15) is 10.3 Å². The molecule has 1 heterocycles. The van der Waals surface area contributed by atoms with Crippen molar-refractivity contribution in [3.63, 3.8) is 0 Å². The van der Waals surface area contributed by atoms with Gasteiger partial charge in [0.2, 0.25) is 5.91 Å². The van der Waals surface area contributed by atoms with Gasteiger partial charge in [0, 0.05) is 16.6 Å². The molecule has 0 aliphatic heterocycles. The van der Waals surface area contributed by atoms with Gasteiger partial charge in [-0.3, -0.25) is 4.79 Å². The van der Waals surface area contributed by atoms with Gasteiger partial charge in [0.25, 0.3) is 0 Å². The molecule has 0 saturated carbocycles. The number of benzene rings is 2. The van der Waals surface area contributed by atoms with Gasteiger partial charge < -0.3 is 5.32 Å². The Hall–Kier alpha value is -2.51. The number of thiazole rings is 1. The van der Waals surface area contributed by atoms with Gasteiger partial charge in [0.05, 0.1) is 11.4 Å². The van der Waals surface area contributed by atoms with Crippen molar-refractivity contribution in [3.05, 3.63) is 71.2 Å². The Labute approximate surface area is 163 Å². The van der Waals surface area contributed by atoms with E-state index >= 15 is 0 Å². The Bertz CT molecular complexity index is 1030. The number of carbonyl (C=O) groups excluding carboxylic acids is 1. The molecule has 0 unspecified atom stereocenters. The van der Waals surface area contributed by atoms with Crippen molar-refractivity contribution in [1.29, 1.82) is 0 Å². The summed E-state index contributed by atoms with van der Waals surface area (Å²) in [5.74, 6) is -0.811. The van der Waals surface area contributed by atoms with Crippen LogP contribution in [-0.2, 0) is 20.4 Å². The Morgan fingerprint density at radius 1 is 1.11 bits per heavy atom. The summed E-state index contributed by atoms with van der Waals surface area (Å²) in [5.41, 5.74) is 3.12. The van der Waals surface area contributed by atoms with Gasteiger partial charge in [0.15, 0.2) is 9.84 Å². The zero-order valence-corrected chi connectivity index (χ0v) is 16.7. The van der Waals surface area contributed by atoms with Crippen LogP contribution in [0.15, 0.2) is 60.0 Å². The van der Waals surface area contributed by atoms with E-state index in [4.69, 9.17) is 0 Å². The number of nitrogens with zero attached hydrogens (tertiary/aromatic N) is 1. The second-order valence-corrected chi connectivity index (χ2v) is 9.49. The molecule has 0 fully saturated rings. The first-order chi connectivity index (χ1) is 12.8. The van der Waals surface area contributed by atoms with Crippen LogP contribution in [0.2, 0.25) is 0 Å². The highest BCUT2D eigenvalue weighted by atomic mass is 32.2. The van der Waals surface area contributed by atoms with Crippen molar-refractivity contribution in [1.82, 2.24) is 4.98 Å². The van der Waals surface area contributed by atoms with Gasteiger partial charge >= 0.3 is 0 Å². The summed E-state index contributed by atoms with van der Waals surface area (Å²) in [5, 5.41) is 3.97. The van der Waals surface area contributed by atoms with Crippen LogP contribution in [-0.4, -0.2) is 24.6 Å². The van der Waals surface area contributed by atoms with Crippen LogP contribution in [0.5, 0.6) is 0 Å². The number of aromatic nitrogens is 1. The molecule has 5 nitrogen and oxygen atoms in total. The summed E-state index contributed by atoms with van der Waals surface area (Å²) >= 11 is 1.40. The van der Waals surface area contributed by atoms with Crippen molar-refractivity contribution in [2.45, 2.75) is 24.9 Å². The fourth-order valence-electron chi connectivity index (χ4n) is 2.46. The number of amides is 1. The summed E-state index contributed by atoms with van der Waals surface area (Å²) in [6.45, 7) is 3.41. The highest BCUT2D eigenvalue weighted by Gasteiger charge is 2.29. The van der Waals surface area contributed by atoms with E-state index in [1.54, 1.807) is 29.6 Å². The average Bonchev–Trinajstić information content (AvgIpc) is 3.10. The molecule has 0 bridgehead atoms. The minimum absolute atomic E-state index is 0.265. The number of aryl methyl sites for hydroxylation is 1. The summed E-state index contributed by atoms with van der Waals surface area (Å²) in [6, 6.07) is 16.7. The summed E-state index contributed by atoms with van der Waals surface area (Å²) < 4.78 is 25.3. The van der Waals surface area contributed by atoms with Gasteiger partial charge in [-0.25, -0.2) is 13.4 Å². The number of hydrogen-bond donors (Lipinski definition) is 1. The van der Waals surface area contributed by atoms with Crippen LogP contribution in [0.25, 0.3) is 10.6 Å². The first-order valence-corrected chi connectivity index (χ1v) is 11.0. The lowest BCUT2D eigenvalue weighted by atomic mass is 10.2. The second-order valence-electron chi connectivity index (χ2n) is 6.31. The van der Waals surface area contributed by atoms with Gasteiger partial charge in [-0.05, 0) is 26.0 Å². The number of nitrogens with one attached hydrogen (secondary N) is 1. The number of carbonyl (C=O) groups is 1. The standard InChI is InChI=1S/C20H20N2O3S2/c1-14-8-10-16(11-9-14)20-22-18(12-26-20)13-27(24,25)15(2)19(23)21-17-6-4-3-5-7-17/h3-12,15H,13H2,1-2H3,(H,21,23)/t15-/m0/s1. The van der Waals surface area contributed by atoms with Crippen LogP contribution >= 0.6 is 11.3 Å². The van der Waals surface area contributed by atoms with E-state index in [-0.39, 0.29) is 5.75 Å². The zero-order chi connectivity index (χ0) is 19.4. The van der Waals surface area contributed by atoms with E-state index < -0.39 is 21.0 Å². The number of hydrogen-bond acceptors (Lipinski definition) is 5. The predicted octanol–water partition coefficient (Wildman–Crippen LogP) is 4.06. The number of para-hydroxylation sites is 1. The Morgan fingerprint density at radius 3 is 2.44 bits per heavy atom. The molecular formula is C20H20N2O3S2. The maximum Gasteiger partial charge on any atom is 0.242 e. The van der Waals surface area contributed by atoms with E-state index in [1.165, 1.54) is 18.3 Å². The molecule has 0 aliphatic rings. The minimum atomic E-state index is -3.68. The zero-order valence-electron chi connectivity index (χ0n) is 15.0. The van der Waals surface area contributed by atoms with E-state index in [9.17, 15) is 13.2 Å². The maximum absolute atomic E-state index is 12.6. The topological polar surface area (TPSA) is 76.1 Å². The summed E-state index contributed by atoms with van der Waals surface area (Å²) in [6.07, 6.45) is 0. The van der Waals surface area contributed by atoms with Crippen LogP contribution in [0.4, 0.5) is 5.69 Å². The number of anilines is 1. The first-order valence-electron chi connectivity index (χ1n) is 8.44. The van der Waals surface area contributed by atoms with Gasteiger partial charge in [-0.1, -0.05) is 48.0 Å². The minimum Gasteiger partial charge on any atom is -0.325 e. The SMILES string of the molecule is Cc1ccc(-c2nc(CS(=O)(=O)[C@@H](C)C(=O)Nc3ccccc3)cs2)cc1. The molecule has 3 aromatic rings. The molecule has 0 aliphatic carbocycles. The highest BCUT2D eigenvalue weighted by Crippen LogP contribution is 2.25. The third-order valence-electron chi connectivity index (χ3n) is 4.15. The van der Waals surface area contributed by atoms with Gasteiger partial charge in [-0.15, -0.1) is 11.3 Å². The highest BCUT2D eigenvalue weighted by molar-refractivity contribution is 7.92. The average molecular weight is 401 g/mol. The lowest BCUT2D eigenvalue weighted by Crippen LogP contribution is -2.33. The van der Waals surface area contributed by atoms with E-state index in [1.807, 2.05) is 37.3 Å². The molecular weight excluding hydrogens is 380 g/mol. The number of rotatable bonds is 6. The smallest absolute Gasteiger partial charge is 0.242 e. The normalized spacial score (nSPS) is 12.5. The van der Waals surface area contributed by atoms with Crippen molar-refractivity contribution < 1.29 is 13.2 Å². The fourth-order valence-corrected chi connectivity index (χ4v) is 4.59. The van der Waals surface area contributed by atoms with Crippen molar-refractivity contribution >= 4 is 32.8 Å². The van der Waals surface area contributed by atoms with Crippen molar-refractivity contribution in [2.24, 2.45) is 0 Å². The fraction of sp³-hybridized carbons (Fsp3) is 0.200. The van der Waals surface area contributed by atoms with Crippen LogP contribution in [0, 0.1) is 6.92 Å². The molecule has 0 radical (unpaired) electrons. The molecule has 1 aromatic heterocycles. The summed E-state index contributed by atoms with van der Waals surface area (Å²) in [7, 11) is -3.68. The van der Waals surface area contributed by atoms with E-state index in [2.05, 4.69) is 10.3 Å². The van der Waals surface area contributed by atoms with Crippen LogP contribution in [0.1, 0.15) is 18.2 Å². The molecule has 1 atom stereocenters. The van der Waals surface area contributed by atoms with Crippen LogP contribution in [0.3, 0.4) is 0 Å². The van der Waals surface area contributed by atoms with E-state index in [0.717, 1.165) is 16.1 Å². The molecule has 7 heteroatoms. The third kappa shape index (κ3) is 4.81. The molecule has 3 rings (SSSR count). The van der Waals surface area contributed by atoms with E-state index in [0.29, 0.717) is 11.4 Å². The Morgan fingerprint density at radius 2 is 1.78 bits per heavy atom. The molecule has 140 valence electrons. The Balaban J connectivity index is 1.70. The second kappa shape index (κ2) is 8.02. The predicted molar refractivity (Wildman–Crippen MR) is 109 cm³/mol. The van der Waals surface area contributed by atoms with Gasteiger partial charge in [-0.2, -0.15) is 0 Å². The maximum atomic E-state index is 12.6. The van der Waals surface area contributed by atoms with Crippen molar-refractivity contribution in [2.75, 3.05) is 5.32 Å². The molecule has 2 aromatic carbocycles. The molecule has 27 heavy (non-hydrogen) atoms.